The molecule has 12 heavy (non-hydrogen) atoms. The van der Waals surface area contributed by atoms with Crippen molar-refractivity contribution in [1.82, 2.24) is 10.2 Å². The van der Waals surface area contributed by atoms with Crippen LogP contribution < -0.4 is 5.32 Å². The van der Waals surface area contributed by atoms with Crippen molar-refractivity contribution >= 4 is 0 Å². The van der Waals surface area contributed by atoms with E-state index >= 15 is 0 Å². The fraction of sp³-hybridized carbons (Fsp3) is 1.00. The summed E-state index contributed by atoms with van der Waals surface area (Å²) in [7, 11) is 2.27. The second kappa shape index (κ2) is 3.75. The van der Waals surface area contributed by atoms with Crippen LogP contribution in [0.1, 0.15) is 19.3 Å². The lowest BCUT2D eigenvalue weighted by Crippen LogP contribution is -2.28. The molecule has 2 rings (SSSR count). The zero-order valence-corrected chi connectivity index (χ0v) is 8.05. The van der Waals surface area contributed by atoms with Gasteiger partial charge in [-0.25, -0.2) is 0 Å². The summed E-state index contributed by atoms with van der Waals surface area (Å²) in [6, 6.07) is 0. The van der Waals surface area contributed by atoms with Crippen molar-refractivity contribution in [1.29, 1.82) is 0 Å². The maximum atomic E-state index is 3.42. The van der Waals surface area contributed by atoms with Gasteiger partial charge in [-0.2, -0.15) is 0 Å². The third-order valence-corrected chi connectivity index (χ3v) is 3.00. The lowest BCUT2D eigenvalue weighted by molar-refractivity contribution is 0.275. The van der Waals surface area contributed by atoms with Gasteiger partial charge in [0.15, 0.2) is 0 Å². The minimum absolute atomic E-state index is 0.925. The molecule has 2 fully saturated rings. The van der Waals surface area contributed by atoms with Crippen LogP contribution >= 0.6 is 0 Å². The van der Waals surface area contributed by atoms with Gasteiger partial charge in [0.2, 0.25) is 0 Å². The minimum Gasteiger partial charge on any atom is -0.316 e. The molecule has 2 heteroatoms. The van der Waals surface area contributed by atoms with Crippen LogP contribution in [0.2, 0.25) is 0 Å². The van der Waals surface area contributed by atoms with Gasteiger partial charge in [-0.3, -0.25) is 0 Å². The van der Waals surface area contributed by atoms with Gasteiger partial charge in [0.1, 0.15) is 0 Å². The number of nitrogens with one attached hydrogen (secondary N) is 1. The van der Waals surface area contributed by atoms with Crippen LogP contribution in [-0.2, 0) is 0 Å². The highest BCUT2D eigenvalue weighted by atomic mass is 15.1. The van der Waals surface area contributed by atoms with E-state index in [1.807, 2.05) is 0 Å². The van der Waals surface area contributed by atoms with Gasteiger partial charge < -0.3 is 10.2 Å². The van der Waals surface area contributed by atoms with Crippen molar-refractivity contribution in [3.8, 4) is 0 Å². The van der Waals surface area contributed by atoms with E-state index in [2.05, 4.69) is 17.3 Å². The summed E-state index contributed by atoms with van der Waals surface area (Å²) in [5, 5.41) is 3.42. The molecule has 0 amide bonds. The number of hydrogen-bond acceptors (Lipinski definition) is 2. The first-order chi connectivity index (χ1) is 5.84. The van der Waals surface area contributed by atoms with Gasteiger partial charge in [0.05, 0.1) is 0 Å². The quantitative estimate of drug-likeness (QED) is 0.672. The van der Waals surface area contributed by atoms with Gasteiger partial charge in [-0.15, -0.1) is 0 Å². The molecule has 0 radical (unpaired) electrons. The molecule has 0 aromatic heterocycles. The molecule has 0 aromatic carbocycles. The highest BCUT2D eigenvalue weighted by Gasteiger charge is 2.24. The van der Waals surface area contributed by atoms with Crippen molar-refractivity contribution in [2.45, 2.75) is 19.3 Å². The first kappa shape index (κ1) is 8.52. The Labute approximate surface area is 75.3 Å². The molecule has 0 bridgehead atoms. The number of nitrogens with zero attached hydrogens (tertiary/aromatic N) is 1. The fourth-order valence-corrected chi connectivity index (χ4v) is 2.13. The number of rotatable bonds is 4. The van der Waals surface area contributed by atoms with Crippen LogP contribution in [0.5, 0.6) is 0 Å². The van der Waals surface area contributed by atoms with E-state index in [-0.39, 0.29) is 0 Å². The van der Waals surface area contributed by atoms with E-state index in [1.165, 1.54) is 45.4 Å². The molecule has 1 heterocycles. The van der Waals surface area contributed by atoms with Gasteiger partial charge in [0.25, 0.3) is 0 Å². The molecule has 1 N–H and O–H groups in total. The minimum atomic E-state index is 0.925. The van der Waals surface area contributed by atoms with E-state index in [0.717, 1.165) is 11.8 Å². The Morgan fingerprint density at radius 3 is 2.50 bits per heavy atom. The average Bonchev–Trinajstić information content (AvgIpc) is 2.66. The Hall–Kier alpha value is -0.0800. The average molecular weight is 168 g/mol. The molecule has 2 nitrogen and oxygen atoms in total. The lowest BCUT2D eigenvalue weighted by atomic mass is 10.1. The molecule has 0 aromatic rings. The molecule has 70 valence electrons. The van der Waals surface area contributed by atoms with Crippen LogP contribution in [0.15, 0.2) is 0 Å². The van der Waals surface area contributed by atoms with E-state index in [4.69, 9.17) is 0 Å². The third kappa shape index (κ3) is 2.46. The second-order valence-electron chi connectivity index (χ2n) is 4.52. The molecular weight excluding hydrogens is 148 g/mol. The van der Waals surface area contributed by atoms with Crippen LogP contribution in [0.25, 0.3) is 0 Å². The van der Waals surface area contributed by atoms with Crippen molar-refractivity contribution in [3.63, 3.8) is 0 Å². The highest BCUT2D eigenvalue weighted by Crippen LogP contribution is 2.29. The maximum Gasteiger partial charge on any atom is 0.00193 e. The van der Waals surface area contributed by atoms with Crippen LogP contribution in [0.4, 0.5) is 0 Å². The molecule has 1 aliphatic carbocycles. The molecule has 2 aliphatic rings. The van der Waals surface area contributed by atoms with Crippen LogP contribution in [0, 0.1) is 11.8 Å². The Balaban J connectivity index is 1.62. The lowest BCUT2D eigenvalue weighted by Gasteiger charge is -2.19. The summed E-state index contributed by atoms with van der Waals surface area (Å²) in [6.45, 7) is 5.14. The van der Waals surface area contributed by atoms with Gasteiger partial charge in [-0.05, 0) is 51.2 Å². The van der Waals surface area contributed by atoms with Gasteiger partial charge in [0, 0.05) is 13.1 Å². The van der Waals surface area contributed by atoms with E-state index in [0.29, 0.717) is 0 Å². The molecule has 1 aliphatic heterocycles. The first-order valence-corrected chi connectivity index (χ1v) is 5.24. The second-order valence-corrected chi connectivity index (χ2v) is 4.52. The van der Waals surface area contributed by atoms with Crippen molar-refractivity contribution in [2.24, 2.45) is 11.8 Å². The molecule has 0 spiro atoms. The predicted octanol–water partition coefficient (Wildman–Crippen LogP) is 0.938. The monoisotopic (exact) mass is 168 g/mol. The van der Waals surface area contributed by atoms with E-state index in [9.17, 15) is 0 Å². The zero-order valence-electron chi connectivity index (χ0n) is 8.05. The summed E-state index contributed by atoms with van der Waals surface area (Å²) in [6.07, 6.45) is 4.34. The first-order valence-electron chi connectivity index (χ1n) is 5.24. The summed E-state index contributed by atoms with van der Waals surface area (Å²) in [4.78, 5) is 2.52. The van der Waals surface area contributed by atoms with Gasteiger partial charge in [-0.1, -0.05) is 0 Å². The Bertz CT molecular complexity index is 137. The molecule has 1 saturated heterocycles. The summed E-state index contributed by atoms with van der Waals surface area (Å²) in [5.41, 5.74) is 0. The van der Waals surface area contributed by atoms with Crippen molar-refractivity contribution in [3.05, 3.63) is 0 Å². The van der Waals surface area contributed by atoms with Gasteiger partial charge >= 0.3 is 0 Å². The standard InChI is InChI=1S/C10H20N2/c1-12(7-9-2-3-9)8-10-4-5-11-6-10/h9-11H,2-8H2,1H3/t10-/m0/s1. The maximum absolute atomic E-state index is 3.42. The van der Waals surface area contributed by atoms with Crippen molar-refractivity contribution in [2.75, 3.05) is 33.2 Å². The Morgan fingerprint density at radius 2 is 1.92 bits per heavy atom. The predicted molar refractivity (Wildman–Crippen MR) is 51.2 cm³/mol. The fourth-order valence-electron chi connectivity index (χ4n) is 2.13. The summed E-state index contributed by atoms with van der Waals surface area (Å²) >= 11 is 0. The summed E-state index contributed by atoms with van der Waals surface area (Å²) in [5.74, 6) is 1.97. The molecule has 1 atom stereocenters. The third-order valence-electron chi connectivity index (χ3n) is 3.00. The highest BCUT2D eigenvalue weighted by molar-refractivity contribution is 4.79. The molecular formula is C10H20N2. The normalized spacial score (nSPS) is 30.0. The summed E-state index contributed by atoms with van der Waals surface area (Å²) < 4.78 is 0. The van der Waals surface area contributed by atoms with Crippen LogP contribution in [-0.4, -0.2) is 38.1 Å². The van der Waals surface area contributed by atoms with E-state index in [1.54, 1.807) is 0 Å². The molecule has 0 unspecified atom stereocenters. The largest absolute Gasteiger partial charge is 0.316 e. The topological polar surface area (TPSA) is 15.3 Å². The zero-order chi connectivity index (χ0) is 8.39. The Kier molecular flexibility index (Phi) is 2.66. The molecule has 1 saturated carbocycles. The van der Waals surface area contributed by atoms with E-state index < -0.39 is 0 Å². The van der Waals surface area contributed by atoms with Crippen molar-refractivity contribution < 1.29 is 0 Å². The smallest absolute Gasteiger partial charge is 0.00193 e. The van der Waals surface area contributed by atoms with Crippen LogP contribution in [0.3, 0.4) is 0 Å². The number of hydrogen-bond donors (Lipinski definition) is 1. The Morgan fingerprint density at radius 1 is 1.17 bits per heavy atom. The SMILES string of the molecule is CN(CC1CC1)C[C@H]1CCNC1.